The van der Waals surface area contributed by atoms with Crippen molar-refractivity contribution in [2.75, 3.05) is 50.8 Å². The van der Waals surface area contributed by atoms with Crippen molar-refractivity contribution in [3.05, 3.63) is 23.9 Å². The van der Waals surface area contributed by atoms with E-state index in [0.29, 0.717) is 18.1 Å². The Morgan fingerprint density at radius 3 is 2.70 bits per heavy atom. The highest BCUT2D eigenvalue weighted by Gasteiger charge is 2.24. The SMILES string of the molecule is CCNC(=NCC(C)N1CCOCC1C)NC1CCN(c2ccc(C)cn2)CC1.I. The fraction of sp³-hybridized carbons (Fsp3) is 0.727. The van der Waals surface area contributed by atoms with Crippen molar-refractivity contribution in [3.63, 3.8) is 0 Å². The third-order valence-corrected chi connectivity index (χ3v) is 5.90. The Labute approximate surface area is 199 Å². The van der Waals surface area contributed by atoms with E-state index in [4.69, 9.17) is 9.73 Å². The highest BCUT2D eigenvalue weighted by Crippen LogP contribution is 2.18. The van der Waals surface area contributed by atoms with E-state index in [9.17, 15) is 0 Å². The summed E-state index contributed by atoms with van der Waals surface area (Å²) >= 11 is 0. The molecular formula is C22H39IN6O. The minimum Gasteiger partial charge on any atom is -0.379 e. The van der Waals surface area contributed by atoms with E-state index in [-0.39, 0.29) is 24.0 Å². The Bertz CT molecular complexity index is 648. The first-order valence-electron chi connectivity index (χ1n) is 11.1. The second-order valence-electron chi connectivity index (χ2n) is 8.33. The molecule has 2 saturated heterocycles. The molecule has 0 saturated carbocycles. The molecule has 7 nitrogen and oxygen atoms in total. The molecule has 3 heterocycles. The van der Waals surface area contributed by atoms with Gasteiger partial charge in [0, 0.05) is 50.5 Å². The maximum atomic E-state index is 5.56. The number of halogens is 1. The van der Waals surface area contributed by atoms with Gasteiger partial charge in [0.15, 0.2) is 5.96 Å². The molecule has 0 radical (unpaired) electrons. The first-order chi connectivity index (χ1) is 14.1. The van der Waals surface area contributed by atoms with Crippen LogP contribution in [0, 0.1) is 6.92 Å². The molecule has 1 aromatic rings. The molecule has 0 bridgehead atoms. The fourth-order valence-corrected chi connectivity index (χ4v) is 4.14. The number of piperidine rings is 1. The van der Waals surface area contributed by atoms with Gasteiger partial charge in [-0.25, -0.2) is 4.98 Å². The van der Waals surface area contributed by atoms with Crippen molar-refractivity contribution < 1.29 is 4.74 Å². The summed E-state index contributed by atoms with van der Waals surface area (Å²) in [6.45, 7) is 15.1. The normalized spacial score (nSPS) is 22.3. The number of morpholine rings is 1. The predicted molar refractivity (Wildman–Crippen MR) is 135 cm³/mol. The van der Waals surface area contributed by atoms with Crippen molar-refractivity contribution in [2.45, 2.75) is 58.7 Å². The van der Waals surface area contributed by atoms with Gasteiger partial charge in [-0.15, -0.1) is 24.0 Å². The van der Waals surface area contributed by atoms with E-state index < -0.39 is 0 Å². The van der Waals surface area contributed by atoms with Gasteiger partial charge in [-0.05, 0) is 52.2 Å². The monoisotopic (exact) mass is 530 g/mol. The zero-order valence-electron chi connectivity index (χ0n) is 18.9. The van der Waals surface area contributed by atoms with Crippen molar-refractivity contribution >= 4 is 35.8 Å². The molecular weight excluding hydrogens is 491 g/mol. The van der Waals surface area contributed by atoms with Gasteiger partial charge >= 0.3 is 0 Å². The van der Waals surface area contributed by atoms with Gasteiger partial charge in [-0.2, -0.15) is 0 Å². The van der Waals surface area contributed by atoms with Gasteiger partial charge in [0.25, 0.3) is 0 Å². The fourth-order valence-electron chi connectivity index (χ4n) is 4.14. The molecule has 0 spiro atoms. The zero-order valence-corrected chi connectivity index (χ0v) is 21.3. The summed E-state index contributed by atoms with van der Waals surface area (Å²) < 4.78 is 5.56. The number of nitrogens with one attached hydrogen (secondary N) is 2. The topological polar surface area (TPSA) is 65.0 Å². The summed E-state index contributed by atoms with van der Waals surface area (Å²) in [5.74, 6) is 2.02. The van der Waals surface area contributed by atoms with Crippen LogP contribution >= 0.6 is 24.0 Å². The van der Waals surface area contributed by atoms with E-state index in [0.717, 1.165) is 70.6 Å². The molecule has 2 fully saturated rings. The molecule has 2 unspecified atom stereocenters. The van der Waals surface area contributed by atoms with Crippen LogP contribution in [0.3, 0.4) is 0 Å². The van der Waals surface area contributed by atoms with Gasteiger partial charge in [0.2, 0.25) is 0 Å². The first kappa shape index (κ1) is 25.1. The number of ether oxygens (including phenoxy) is 1. The average Bonchev–Trinajstić information content (AvgIpc) is 2.73. The standard InChI is InChI=1S/C22H38N6O.HI/c1-5-23-22(25-15-18(3)28-12-13-29-16-19(28)4)26-20-8-10-27(11-9-20)21-7-6-17(2)14-24-21;/h6-7,14,18-20H,5,8-13,15-16H2,1-4H3,(H2,23,25,26);1H. The molecule has 2 atom stereocenters. The van der Waals surface area contributed by atoms with Crippen LogP contribution in [0.2, 0.25) is 0 Å². The lowest BCUT2D eigenvalue weighted by molar-refractivity contribution is -0.0165. The number of pyridine rings is 1. The second kappa shape index (κ2) is 12.7. The average molecular weight is 530 g/mol. The van der Waals surface area contributed by atoms with Crippen LogP contribution in [0.15, 0.2) is 23.3 Å². The molecule has 2 aliphatic heterocycles. The minimum atomic E-state index is 0. The smallest absolute Gasteiger partial charge is 0.191 e. The molecule has 0 amide bonds. The lowest BCUT2D eigenvalue weighted by atomic mass is 10.1. The van der Waals surface area contributed by atoms with E-state index in [1.54, 1.807) is 0 Å². The third-order valence-electron chi connectivity index (χ3n) is 5.90. The minimum absolute atomic E-state index is 0. The number of nitrogens with zero attached hydrogens (tertiary/aromatic N) is 4. The zero-order chi connectivity index (χ0) is 20.6. The summed E-state index contributed by atoms with van der Waals surface area (Å²) in [6, 6.07) is 5.59. The molecule has 0 aromatic carbocycles. The van der Waals surface area contributed by atoms with Crippen LogP contribution in [-0.2, 0) is 4.74 Å². The summed E-state index contributed by atoms with van der Waals surface area (Å²) in [7, 11) is 0. The Hall–Kier alpha value is -1.13. The predicted octanol–water partition coefficient (Wildman–Crippen LogP) is 2.64. The highest BCUT2D eigenvalue weighted by molar-refractivity contribution is 14.0. The molecule has 2 aliphatic rings. The highest BCUT2D eigenvalue weighted by atomic mass is 127. The Kier molecular flexibility index (Phi) is 10.6. The van der Waals surface area contributed by atoms with E-state index in [1.165, 1.54) is 5.56 Å². The number of rotatable bonds is 6. The number of hydrogen-bond donors (Lipinski definition) is 2. The maximum absolute atomic E-state index is 5.56. The quantitative estimate of drug-likeness (QED) is 0.335. The van der Waals surface area contributed by atoms with Crippen molar-refractivity contribution in [2.24, 2.45) is 4.99 Å². The van der Waals surface area contributed by atoms with Crippen LogP contribution in [0.1, 0.15) is 39.2 Å². The third kappa shape index (κ3) is 7.23. The number of aliphatic imine (C=N–C) groups is 1. The van der Waals surface area contributed by atoms with Gasteiger partial charge in [-0.3, -0.25) is 9.89 Å². The van der Waals surface area contributed by atoms with Gasteiger partial charge in [0.1, 0.15) is 5.82 Å². The molecule has 0 aliphatic carbocycles. The van der Waals surface area contributed by atoms with Gasteiger partial charge in [0.05, 0.1) is 19.8 Å². The van der Waals surface area contributed by atoms with Gasteiger partial charge in [-0.1, -0.05) is 6.07 Å². The van der Waals surface area contributed by atoms with Crippen LogP contribution in [0.5, 0.6) is 0 Å². The van der Waals surface area contributed by atoms with Crippen molar-refractivity contribution in [3.8, 4) is 0 Å². The Morgan fingerprint density at radius 1 is 1.30 bits per heavy atom. The lowest BCUT2D eigenvalue weighted by Crippen LogP contribution is -2.51. The lowest BCUT2D eigenvalue weighted by Gasteiger charge is -2.37. The molecule has 3 rings (SSSR count). The van der Waals surface area contributed by atoms with Crippen LogP contribution in [0.4, 0.5) is 5.82 Å². The number of guanidine groups is 1. The van der Waals surface area contributed by atoms with Crippen LogP contribution in [-0.4, -0.2) is 79.9 Å². The van der Waals surface area contributed by atoms with E-state index in [1.807, 2.05) is 6.20 Å². The Balaban J connectivity index is 0.00000320. The maximum Gasteiger partial charge on any atom is 0.191 e. The Morgan fingerprint density at radius 2 is 2.07 bits per heavy atom. The summed E-state index contributed by atoms with van der Waals surface area (Å²) in [4.78, 5) is 14.3. The summed E-state index contributed by atoms with van der Waals surface area (Å²) in [6.07, 6.45) is 4.14. The van der Waals surface area contributed by atoms with E-state index >= 15 is 0 Å². The summed E-state index contributed by atoms with van der Waals surface area (Å²) in [5, 5.41) is 7.07. The largest absolute Gasteiger partial charge is 0.379 e. The molecule has 30 heavy (non-hydrogen) atoms. The number of aromatic nitrogens is 1. The van der Waals surface area contributed by atoms with Gasteiger partial charge < -0.3 is 20.3 Å². The molecule has 2 N–H and O–H groups in total. The number of aryl methyl sites for hydroxylation is 1. The number of hydrogen-bond acceptors (Lipinski definition) is 5. The van der Waals surface area contributed by atoms with Crippen LogP contribution in [0.25, 0.3) is 0 Å². The molecule has 1 aromatic heterocycles. The second-order valence-corrected chi connectivity index (χ2v) is 8.33. The number of anilines is 1. The van der Waals surface area contributed by atoms with E-state index in [2.05, 4.69) is 65.2 Å². The molecule has 8 heteroatoms. The first-order valence-corrected chi connectivity index (χ1v) is 11.1. The van der Waals surface area contributed by atoms with Crippen LogP contribution < -0.4 is 15.5 Å². The summed E-state index contributed by atoms with van der Waals surface area (Å²) in [5.41, 5.74) is 1.21. The molecule has 170 valence electrons. The van der Waals surface area contributed by atoms with Crippen molar-refractivity contribution in [1.29, 1.82) is 0 Å². The van der Waals surface area contributed by atoms with Crippen molar-refractivity contribution in [1.82, 2.24) is 20.5 Å².